The number of benzene rings is 2. The molecule has 1 heterocycles. The van der Waals surface area contributed by atoms with Crippen molar-refractivity contribution in [3.63, 3.8) is 0 Å². The Kier molecular flexibility index (Phi) is 8.62. The number of nitrogens with zero attached hydrogens (tertiary/aromatic N) is 3. The van der Waals surface area contributed by atoms with Gasteiger partial charge in [-0.3, -0.25) is 9.59 Å². The van der Waals surface area contributed by atoms with E-state index in [1.807, 2.05) is 46.9 Å². The monoisotopic (exact) mass is 519 g/mol. The van der Waals surface area contributed by atoms with Crippen LogP contribution in [-0.4, -0.2) is 32.3 Å². The molecule has 34 heavy (non-hydrogen) atoms. The molecular weight excluding hydrogens is 493 g/mol. The van der Waals surface area contributed by atoms with Crippen molar-refractivity contribution in [2.75, 3.05) is 11.1 Å². The largest absolute Gasteiger partial charge is 0.342 e. The smallest absolute Gasteiger partial charge is 0.251 e. The number of aromatic nitrogens is 3. The summed E-state index contributed by atoms with van der Waals surface area (Å²) in [6, 6.07) is 10.3. The average Bonchev–Trinajstić information content (AvgIpc) is 3.11. The highest BCUT2D eigenvalue weighted by Crippen LogP contribution is 2.26. The molecule has 0 aliphatic carbocycles. The van der Waals surface area contributed by atoms with E-state index in [-0.39, 0.29) is 23.5 Å². The predicted molar refractivity (Wildman–Crippen MR) is 138 cm³/mol. The topological polar surface area (TPSA) is 88.9 Å². The number of carbonyl (C=O) groups excluding carboxylic acids is 2. The van der Waals surface area contributed by atoms with Crippen LogP contribution in [0, 0.1) is 19.8 Å². The van der Waals surface area contributed by atoms with E-state index in [1.54, 1.807) is 16.7 Å². The molecule has 10 heteroatoms. The lowest BCUT2D eigenvalue weighted by Crippen LogP contribution is -2.33. The van der Waals surface area contributed by atoms with E-state index < -0.39 is 6.04 Å². The average molecular weight is 520 g/mol. The molecule has 3 rings (SSSR count). The molecule has 0 spiro atoms. The van der Waals surface area contributed by atoms with E-state index in [0.29, 0.717) is 26.6 Å². The molecule has 2 amide bonds. The summed E-state index contributed by atoms with van der Waals surface area (Å²) in [6.45, 7) is 7.95. The van der Waals surface area contributed by atoms with Crippen LogP contribution in [0.25, 0.3) is 0 Å². The van der Waals surface area contributed by atoms with E-state index in [1.165, 1.54) is 17.8 Å². The molecule has 1 atom stereocenters. The lowest BCUT2D eigenvalue weighted by atomic mass is 10.0. The number of rotatable bonds is 8. The number of thioether (sulfide) groups is 1. The summed E-state index contributed by atoms with van der Waals surface area (Å²) in [5.74, 6) is 0.400. The van der Waals surface area contributed by atoms with Gasteiger partial charge in [0.05, 0.1) is 21.8 Å². The van der Waals surface area contributed by atoms with E-state index in [2.05, 4.69) is 26.9 Å². The zero-order valence-electron chi connectivity index (χ0n) is 19.6. The fourth-order valence-electron chi connectivity index (χ4n) is 3.49. The highest BCUT2D eigenvalue weighted by atomic mass is 35.5. The zero-order valence-corrected chi connectivity index (χ0v) is 22.0. The van der Waals surface area contributed by atoms with Gasteiger partial charge in [0.25, 0.3) is 5.91 Å². The summed E-state index contributed by atoms with van der Waals surface area (Å²) in [5.41, 5.74) is 3.35. The summed E-state index contributed by atoms with van der Waals surface area (Å²) in [6.07, 6.45) is 0. The Morgan fingerprint density at radius 2 is 1.71 bits per heavy atom. The van der Waals surface area contributed by atoms with Crippen molar-refractivity contribution < 1.29 is 9.59 Å². The number of anilines is 1. The highest BCUT2D eigenvalue weighted by Gasteiger charge is 2.25. The molecule has 0 radical (unpaired) electrons. The first-order valence-electron chi connectivity index (χ1n) is 10.7. The minimum Gasteiger partial charge on any atom is -0.342 e. The SMILES string of the molecule is Cc1cc(C)cc(NC(=O)CSc2nnc([C@H](NC(=O)c3ccc(Cl)c(Cl)c3)C(C)C)n2C)c1. The van der Waals surface area contributed by atoms with Gasteiger partial charge < -0.3 is 15.2 Å². The summed E-state index contributed by atoms with van der Waals surface area (Å²) < 4.78 is 1.80. The Morgan fingerprint density at radius 3 is 2.32 bits per heavy atom. The maximum Gasteiger partial charge on any atom is 0.251 e. The van der Waals surface area contributed by atoms with E-state index in [0.717, 1.165) is 16.8 Å². The Morgan fingerprint density at radius 1 is 1.03 bits per heavy atom. The Labute approximate surface area is 213 Å². The Hall–Kier alpha value is -2.55. The van der Waals surface area contributed by atoms with Gasteiger partial charge in [-0.2, -0.15) is 0 Å². The molecule has 0 fully saturated rings. The summed E-state index contributed by atoms with van der Waals surface area (Å²) in [7, 11) is 1.82. The van der Waals surface area contributed by atoms with Crippen LogP contribution in [0.5, 0.6) is 0 Å². The van der Waals surface area contributed by atoms with Crippen LogP contribution in [0.15, 0.2) is 41.6 Å². The van der Waals surface area contributed by atoms with Gasteiger partial charge in [0.2, 0.25) is 5.91 Å². The van der Waals surface area contributed by atoms with E-state index >= 15 is 0 Å². The van der Waals surface area contributed by atoms with Crippen molar-refractivity contribution in [1.29, 1.82) is 0 Å². The highest BCUT2D eigenvalue weighted by molar-refractivity contribution is 7.99. The van der Waals surface area contributed by atoms with Gasteiger partial charge in [-0.05, 0) is 61.2 Å². The molecule has 3 aromatic rings. The van der Waals surface area contributed by atoms with Crippen molar-refractivity contribution in [1.82, 2.24) is 20.1 Å². The van der Waals surface area contributed by atoms with Crippen LogP contribution < -0.4 is 10.6 Å². The van der Waals surface area contributed by atoms with Crippen molar-refractivity contribution in [2.45, 2.75) is 38.9 Å². The third kappa shape index (κ3) is 6.52. The first kappa shape index (κ1) is 26.1. The molecular formula is C24H27Cl2N5O2S. The molecule has 0 saturated carbocycles. The van der Waals surface area contributed by atoms with Gasteiger partial charge in [0.1, 0.15) is 0 Å². The van der Waals surface area contributed by atoms with Crippen LogP contribution in [0.4, 0.5) is 5.69 Å². The second-order valence-electron chi connectivity index (χ2n) is 8.44. The Bertz CT molecular complexity index is 1190. The number of halogens is 2. The molecule has 1 aromatic heterocycles. The number of hydrogen-bond donors (Lipinski definition) is 2. The summed E-state index contributed by atoms with van der Waals surface area (Å²) in [4.78, 5) is 25.3. The standard InChI is InChI=1S/C24H27Cl2N5O2S/c1-13(2)21(28-23(33)16-6-7-18(25)19(26)11-16)22-29-30-24(31(22)5)34-12-20(32)27-17-9-14(3)8-15(4)10-17/h6-11,13,21H,12H2,1-5H3,(H,27,32)(H,28,33)/t21-/m1/s1. The van der Waals surface area contributed by atoms with E-state index in [4.69, 9.17) is 23.2 Å². The number of amides is 2. The first-order chi connectivity index (χ1) is 16.0. The van der Waals surface area contributed by atoms with Crippen LogP contribution >= 0.6 is 35.0 Å². The maximum atomic E-state index is 12.8. The quantitative estimate of drug-likeness (QED) is 0.378. The molecule has 2 N–H and O–H groups in total. The van der Waals surface area contributed by atoms with Crippen LogP contribution in [0.2, 0.25) is 10.0 Å². The normalized spacial score (nSPS) is 12.0. The van der Waals surface area contributed by atoms with Crippen LogP contribution in [0.3, 0.4) is 0 Å². The molecule has 0 unspecified atom stereocenters. The zero-order chi connectivity index (χ0) is 25.0. The maximum absolute atomic E-state index is 12.8. The van der Waals surface area contributed by atoms with E-state index in [9.17, 15) is 9.59 Å². The molecule has 7 nitrogen and oxygen atoms in total. The third-order valence-electron chi connectivity index (χ3n) is 5.12. The fraction of sp³-hybridized carbons (Fsp3) is 0.333. The minimum atomic E-state index is -0.391. The van der Waals surface area contributed by atoms with Gasteiger partial charge in [-0.15, -0.1) is 10.2 Å². The van der Waals surface area contributed by atoms with Crippen LogP contribution in [0.1, 0.15) is 47.2 Å². The molecule has 0 aliphatic rings. The third-order valence-corrected chi connectivity index (χ3v) is 6.88. The van der Waals surface area contributed by atoms with Gasteiger partial charge in [0.15, 0.2) is 11.0 Å². The summed E-state index contributed by atoms with van der Waals surface area (Å²) >= 11 is 13.3. The fourth-order valence-corrected chi connectivity index (χ4v) is 4.50. The van der Waals surface area contributed by atoms with Gasteiger partial charge in [-0.25, -0.2) is 0 Å². The molecule has 0 saturated heterocycles. The van der Waals surface area contributed by atoms with Crippen molar-refractivity contribution >= 4 is 52.5 Å². The van der Waals surface area contributed by atoms with Gasteiger partial charge in [0, 0.05) is 18.3 Å². The van der Waals surface area contributed by atoms with Crippen molar-refractivity contribution in [2.24, 2.45) is 13.0 Å². The Balaban J connectivity index is 1.68. The minimum absolute atomic E-state index is 0.0420. The molecule has 180 valence electrons. The number of hydrogen-bond acceptors (Lipinski definition) is 5. The summed E-state index contributed by atoms with van der Waals surface area (Å²) in [5, 5.41) is 15.7. The molecule has 0 bridgehead atoms. The lowest BCUT2D eigenvalue weighted by molar-refractivity contribution is -0.113. The van der Waals surface area contributed by atoms with Crippen LogP contribution in [-0.2, 0) is 11.8 Å². The lowest BCUT2D eigenvalue weighted by Gasteiger charge is -2.22. The number of carbonyl (C=O) groups is 2. The second-order valence-corrected chi connectivity index (χ2v) is 10.2. The molecule has 0 aliphatic heterocycles. The molecule has 2 aromatic carbocycles. The predicted octanol–water partition coefficient (Wildman–Crippen LogP) is 5.60. The first-order valence-corrected chi connectivity index (χ1v) is 12.5. The van der Waals surface area contributed by atoms with Gasteiger partial charge in [-0.1, -0.05) is 54.9 Å². The number of aryl methyl sites for hydroxylation is 2. The van der Waals surface area contributed by atoms with Gasteiger partial charge >= 0.3 is 0 Å². The van der Waals surface area contributed by atoms with Crippen molar-refractivity contribution in [3.8, 4) is 0 Å². The van der Waals surface area contributed by atoms with Crippen molar-refractivity contribution in [3.05, 3.63) is 69.0 Å². The number of nitrogens with one attached hydrogen (secondary N) is 2. The second kappa shape index (κ2) is 11.3.